The highest BCUT2D eigenvalue weighted by atomic mass is 35.5. The molecule has 8 heteroatoms. The molecule has 0 saturated carbocycles. The molecule has 2 N–H and O–H groups in total. The number of rotatable bonds is 8. The first-order valence-electron chi connectivity index (χ1n) is 13.2. The van der Waals surface area contributed by atoms with Crippen molar-refractivity contribution in [2.75, 3.05) is 23.9 Å². The Morgan fingerprint density at radius 3 is 2.32 bits per heavy atom. The second-order valence-electron chi connectivity index (χ2n) is 9.43. The molecular formula is C33H30ClN3O3S. The van der Waals surface area contributed by atoms with Gasteiger partial charge >= 0.3 is 0 Å². The molecule has 1 amide bonds. The Hall–Kier alpha value is -4.33. The third kappa shape index (κ3) is 6.06. The summed E-state index contributed by atoms with van der Waals surface area (Å²) in [5.74, 6) is 0.967. The lowest BCUT2D eigenvalue weighted by atomic mass is 9.92. The van der Waals surface area contributed by atoms with Crippen LogP contribution in [-0.4, -0.2) is 24.7 Å². The van der Waals surface area contributed by atoms with Crippen molar-refractivity contribution < 1.29 is 14.3 Å². The van der Waals surface area contributed by atoms with Crippen molar-refractivity contribution in [2.24, 2.45) is 0 Å². The van der Waals surface area contributed by atoms with Gasteiger partial charge in [-0.25, -0.2) is 0 Å². The topological polar surface area (TPSA) is 62.8 Å². The molecule has 0 unspecified atom stereocenters. The van der Waals surface area contributed by atoms with E-state index in [0.717, 1.165) is 28.1 Å². The highest BCUT2D eigenvalue weighted by molar-refractivity contribution is 7.80. The van der Waals surface area contributed by atoms with Gasteiger partial charge in [0.15, 0.2) is 5.11 Å². The van der Waals surface area contributed by atoms with E-state index in [0.29, 0.717) is 39.4 Å². The number of hydrogen-bond donors (Lipinski definition) is 2. The summed E-state index contributed by atoms with van der Waals surface area (Å²) in [6, 6.07) is 30.6. The number of benzene rings is 4. The van der Waals surface area contributed by atoms with E-state index in [4.69, 9.17) is 33.3 Å². The molecule has 0 radical (unpaired) electrons. The van der Waals surface area contributed by atoms with Gasteiger partial charge in [0, 0.05) is 16.4 Å². The van der Waals surface area contributed by atoms with Gasteiger partial charge in [0.2, 0.25) is 0 Å². The van der Waals surface area contributed by atoms with Crippen LogP contribution in [0.5, 0.6) is 11.5 Å². The van der Waals surface area contributed by atoms with Crippen LogP contribution in [0.1, 0.15) is 25.5 Å². The number of amides is 1. The van der Waals surface area contributed by atoms with Crippen molar-refractivity contribution >= 4 is 46.2 Å². The molecule has 0 spiro atoms. The maximum Gasteiger partial charge on any atom is 0.255 e. The summed E-state index contributed by atoms with van der Waals surface area (Å²) >= 11 is 12.1. The second-order valence-corrected chi connectivity index (χ2v) is 10.3. The minimum absolute atomic E-state index is 0.300. The quantitative estimate of drug-likeness (QED) is 0.207. The van der Waals surface area contributed by atoms with Crippen molar-refractivity contribution in [3.8, 4) is 22.6 Å². The highest BCUT2D eigenvalue weighted by Gasteiger charge is 2.35. The number of ether oxygens (including phenoxy) is 2. The standard InChI is InChI=1S/C33H30ClN3O3S/c1-4-40-27-17-15-26(16-18-27)37-21(2)30(32(38)35-28-20-25(34)14-19-29(28)39-3)31(36-33(37)41)24-12-10-23(11-13-24)22-8-6-5-7-9-22/h5-20,31H,4H2,1-3H3,(H,35,38)(H,36,41)/t31-/m1/s1. The summed E-state index contributed by atoms with van der Waals surface area (Å²) in [6.07, 6.45) is 0. The number of halogens is 1. The zero-order chi connectivity index (χ0) is 28.9. The van der Waals surface area contributed by atoms with Crippen LogP contribution in [0.2, 0.25) is 5.02 Å². The number of carbonyl (C=O) groups is 1. The number of nitrogens with zero attached hydrogens (tertiary/aromatic N) is 1. The fourth-order valence-electron chi connectivity index (χ4n) is 4.92. The largest absolute Gasteiger partial charge is 0.495 e. The molecule has 0 aromatic heterocycles. The summed E-state index contributed by atoms with van der Waals surface area (Å²) < 4.78 is 11.1. The Bertz CT molecular complexity index is 1590. The third-order valence-corrected chi connectivity index (χ3v) is 7.43. The molecule has 0 saturated heterocycles. The SMILES string of the molecule is CCOc1ccc(N2C(=S)N[C@H](c3ccc(-c4ccccc4)cc3)C(C(=O)Nc3cc(Cl)ccc3OC)=C2C)cc1. The van der Waals surface area contributed by atoms with Gasteiger partial charge in [-0.3, -0.25) is 9.69 Å². The molecule has 41 heavy (non-hydrogen) atoms. The van der Waals surface area contributed by atoms with Crippen LogP contribution >= 0.6 is 23.8 Å². The highest BCUT2D eigenvalue weighted by Crippen LogP contribution is 2.37. The first kappa shape index (κ1) is 28.2. The molecule has 0 bridgehead atoms. The molecule has 4 aromatic rings. The summed E-state index contributed by atoms with van der Waals surface area (Å²) in [4.78, 5) is 15.9. The maximum absolute atomic E-state index is 14.1. The number of allylic oxidation sites excluding steroid dienone is 1. The number of anilines is 2. The van der Waals surface area contributed by atoms with Crippen molar-refractivity contribution in [3.05, 3.63) is 119 Å². The average molecular weight is 584 g/mol. The van der Waals surface area contributed by atoms with Gasteiger partial charge in [-0.05, 0) is 85.2 Å². The Kier molecular flexibility index (Phi) is 8.57. The number of hydrogen-bond acceptors (Lipinski definition) is 4. The fourth-order valence-corrected chi connectivity index (χ4v) is 5.45. The van der Waals surface area contributed by atoms with Crippen molar-refractivity contribution in [1.29, 1.82) is 0 Å². The lowest BCUT2D eigenvalue weighted by Gasteiger charge is -2.38. The molecule has 0 fully saturated rings. The van der Waals surface area contributed by atoms with E-state index in [1.54, 1.807) is 25.3 Å². The van der Waals surface area contributed by atoms with Crippen LogP contribution in [0, 0.1) is 0 Å². The van der Waals surface area contributed by atoms with Crippen LogP contribution in [0.3, 0.4) is 0 Å². The number of methoxy groups -OCH3 is 1. The minimum Gasteiger partial charge on any atom is -0.495 e. The third-order valence-electron chi connectivity index (χ3n) is 6.90. The Labute approximate surface area is 250 Å². The first-order valence-corrected chi connectivity index (χ1v) is 14.0. The van der Waals surface area contributed by atoms with Crippen LogP contribution in [0.25, 0.3) is 11.1 Å². The van der Waals surface area contributed by atoms with Crippen LogP contribution in [-0.2, 0) is 4.79 Å². The lowest BCUT2D eigenvalue weighted by Crippen LogP contribution is -2.48. The monoisotopic (exact) mass is 583 g/mol. The normalized spacial score (nSPS) is 14.9. The molecule has 1 atom stereocenters. The van der Waals surface area contributed by atoms with Crippen molar-refractivity contribution in [2.45, 2.75) is 19.9 Å². The van der Waals surface area contributed by atoms with Gasteiger partial charge in [-0.1, -0.05) is 66.2 Å². The van der Waals surface area contributed by atoms with E-state index in [9.17, 15) is 4.79 Å². The summed E-state index contributed by atoms with van der Waals surface area (Å²) in [5.41, 5.74) is 5.61. The molecular weight excluding hydrogens is 554 g/mol. The van der Waals surface area contributed by atoms with E-state index in [1.165, 1.54) is 0 Å². The molecule has 1 aliphatic heterocycles. The van der Waals surface area contributed by atoms with E-state index >= 15 is 0 Å². The van der Waals surface area contributed by atoms with Gasteiger partial charge in [0.05, 0.1) is 31.0 Å². The van der Waals surface area contributed by atoms with Crippen LogP contribution in [0.15, 0.2) is 108 Å². The number of nitrogens with one attached hydrogen (secondary N) is 2. The summed E-state index contributed by atoms with van der Waals surface area (Å²) in [5, 5.41) is 7.41. The molecule has 6 nitrogen and oxygen atoms in total. The molecule has 208 valence electrons. The van der Waals surface area contributed by atoms with Gasteiger partial charge < -0.3 is 20.1 Å². The lowest BCUT2D eigenvalue weighted by molar-refractivity contribution is -0.113. The zero-order valence-corrected chi connectivity index (χ0v) is 24.6. The van der Waals surface area contributed by atoms with Gasteiger partial charge in [-0.2, -0.15) is 0 Å². The fraction of sp³-hybridized carbons (Fsp3) is 0.152. The van der Waals surface area contributed by atoms with E-state index < -0.39 is 6.04 Å². The minimum atomic E-state index is -0.489. The van der Waals surface area contributed by atoms with E-state index in [-0.39, 0.29) is 5.91 Å². The van der Waals surface area contributed by atoms with E-state index in [1.807, 2.05) is 73.3 Å². The van der Waals surface area contributed by atoms with Gasteiger partial charge in [-0.15, -0.1) is 0 Å². The summed E-state index contributed by atoms with van der Waals surface area (Å²) in [7, 11) is 1.55. The maximum atomic E-state index is 14.1. The van der Waals surface area contributed by atoms with Crippen molar-refractivity contribution in [3.63, 3.8) is 0 Å². The Morgan fingerprint density at radius 2 is 1.66 bits per heavy atom. The van der Waals surface area contributed by atoms with E-state index in [2.05, 4.69) is 34.9 Å². The van der Waals surface area contributed by atoms with Crippen LogP contribution in [0.4, 0.5) is 11.4 Å². The Morgan fingerprint density at radius 1 is 0.976 bits per heavy atom. The predicted octanol–water partition coefficient (Wildman–Crippen LogP) is 7.76. The first-order chi connectivity index (χ1) is 19.9. The molecule has 1 heterocycles. The number of carbonyl (C=O) groups excluding carboxylic acids is 1. The molecule has 4 aromatic carbocycles. The molecule has 0 aliphatic carbocycles. The van der Waals surface area contributed by atoms with Crippen LogP contribution < -0.4 is 25.0 Å². The summed E-state index contributed by atoms with van der Waals surface area (Å²) in [6.45, 7) is 4.42. The Balaban J connectivity index is 1.56. The van der Waals surface area contributed by atoms with Crippen molar-refractivity contribution in [1.82, 2.24) is 5.32 Å². The van der Waals surface area contributed by atoms with Gasteiger partial charge in [0.25, 0.3) is 5.91 Å². The second kappa shape index (κ2) is 12.5. The zero-order valence-electron chi connectivity index (χ0n) is 23.0. The smallest absolute Gasteiger partial charge is 0.255 e. The predicted molar refractivity (Wildman–Crippen MR) is 170 cm³/mol. The molecule has 1 aliphatic rings. The van der Waals surface area contributed by atoms with Gasteiger partial charge in [0.1, 0.15) is 11.5 Å². The molecule has 5 rings (SSSR count). The average Bonchev–Trinajstić information content (AvgIpc) is 2.98. The number of thiocarbonyl (C=S) groups is 1.